The summed E-state index contributed by atoms with van der Waals surface area (Å²) in [5, 5.41) is 2.86. The summed E-state index contributed by atoms with van der Waals surface area (Å²) in [6.45, 7) is 4.19. The lowest BCUT2D eigenvalue weighted by Gasteiger charge is -2.34. The Morgan fingerprint density at radius 3 is 2.27 bits per heavy atom. The summed E-state index contributed by atoms with van der Waals surface area (Å²) in [5.74, 6) is -0.797. The van der Waals surface area contributed by atoms with Crippen LogP contribution in [0.15, 0.2) is 24.3 Å². The van der Waals surface area contributed by atoms with Crippen LogP contribution in [0.2, 0.25) is 0 Å². The highest BCUT2D eigenvalue weighted by atomic mass is 19.1. The van der Waals surface area contributed by atoms with E-state index >= 15 is 0 Å². The van der Waals surface area contributed by atoms with Crippen molar-refractivity contribution in [2.45, 2.75) is 19.8 Å². The smallest absolute Gasteiger partial charge is 0.226 e. The van der Waals surface area contributed by atoms with Gasteiger partial charge in [-0.25, -0.2) is 4.39 Å². The molecule has 0 bridgehead atoms. The molecule has 1 aromatic carbocycles. The summed E-state index contributed by atoms with van der Waals surface area (Å²) < 4.78 is 12.9. The van der Waals surface area contributed by atoms with Crippen LogP contribution >= 0.6 is 0 Å². The lowest BCUT2D eigenvalue weighted by Crippen LogP contribution is -2.50. The van der Waals surface area contributed by atoms with E-state index in [0.29, 0.717) is 45.6 Å². The zero-order valence-corrected chi connectivity index (χ0v) is 14.9. The second-order valence-electron chi connectivity index (χ2n) is 6.95. The maximum atomic E-state index is 12.9. The fraction of sp³-hybridized carbons (Fsp3) is 0.526. The number of hydrogen-bond donors (Lipinski definition) is 1. The molecule has 26 heavy (non-hydrogen) atoms. The van der Waals surface area contributed by atoms with Gasteiger partial charge in [0.2, 0.25) is 17.7 Å². The minimum atomic E-state index is -0.277. The molecule has 2 atom stereocenters. The molecule has 1 N–H and O–H groups in total. The van der Waals surface area contributed by atoms with E-state index in [-0.39, 0.29) is 35.4 Å². The Balaban J connectivity index is 1.39. The van der Waals surface area contributed by atoms with Gasteiger partial charge in [0.15, 0.2) is 0 Å². The van der Waals surface area contributed by atoms with Gasteiger partial charge in [-0.2, -0.15) is 0 Å². The Morgan fingerprint density at radius 1 is 1.04 bits per heavy atom. The van der Waals surface area contributed by atoms with Gasteiger partial charge in [-0.3, -0.25) is 14.4 Å². The van der Waals surface area contributed by atoms with Crippen LogP contribution in [0.1, 0.15) is 18.9 Å². The monoisotopic (exact) mass is 361 g/mol. The third-order valence-corrected chi connectivity index (χ3v) is 5.11. The predicted octanol–water partition coefficient (Wildman–Crippen LogP) is 0.811. The van der Waals surface area contributed by atoms with Crippen molar-refractivity contribution in [1.29, 1.82) is 0 Å². The fourth-order valence-corrected chi connectivity index (χ4v) is 3.35. The lowest BCUT2D eigenvalue weighted by molar-refractivity contribution is -0.140. The summed E-state index contributed by atoms with van der Waals surface area (Å²) in [7, 11) is 0. The van der Waals surface area contributed by atoms with E-state index < -0.39 is 0 Å². The molecule has 2 fully saturated rings. The SMILES string of the molecule is CC(=O)N1CCN(C(=O)C2CC2C(=O)NCCc2ccc(F)cc2)CC1. The highest BCUT2D eigenvalue weighted by Crippen LogP contribution is 2.40. The first-order valence-electron chi connectivity index (χ1n) is 9.02. The fourth-order valence-electron chi connectivity index (χ4n) is 3.35. The molecule has 3 rings (SSSR count). The molecule has 1 aromatic rings. The van der Waals surface area contributed by atoms with Crippen molar-refractivity contribution in [3.05, 3.63) is 35.6 Å². The molecular weight excluding hydrogens is 337 g/mol. The molecule has 1 saturated heterocycles. The predicted molar refractivity (Wildman–Crippen MR) is 93.5 cm³/mol. The first kappa shape index (κ1) is 18.4. The summed E-state index contributed by atoms with van der Waals surface area (Å²) >= 11 is 0. The summed E-state index contributed by atoms with van der Waals surface area (Å²) in [6, 6.07) is 6.20. The number of halogens is 1. The van der Waals surface area contributed by atoms with Crippen molar-refractivity contribution in [3.8, 4) is 0 Å². The van der Waals surface area contributed by atoms with E-state index in [1.54, 1.807) is 21.9 Å². The molecule has 1 heterocycles. The molecule has 1 aliphatic heterocycles. The van der Waals surface area contributed by atoms with Crippen LogP contribution in [-0.4, -0.2) is 60.2 Å². The second-order valence-corrected chi connectivity index (χ2v) is 6.95. The van der Waals surface area contributed by atoms with Crippen molar-refractivity contribution in [2.24, 2.45) is 11.8 Å². The maximum Gasteiger partial charge on any atom is 0.226 e. The van der Waals surface area contributed by atoms with E-state index in [0.717, 1.165) is 5.56 Å². The third-order valence-electron chi connectivity index (χ3n) is 5.11. The number of nitrogens with zero attached hydrogens (tertiary/aromatic N) is 2. The van der Waals surface area contributed by atoms with Crippen LogP contribution in [-0.2, 0) is 20.8 Å². The van der Waals surface area contributed by atoms with Crippen molar-refractivity contribution in [1.82, 2.24) is 15.1 Å². The molecular formula is C19H24FN3O3. The average molecular weight is 361 g/mol. The van der Waals surface area contributed by atoms with Crippen LogP contribution in [0.25, 0.3) is 0 Å². The van der Waals surface area contributed by atoms with Gasteiger partial charge in [0.1, 0.15) is 5.82 Å². The minimum Gasteiger partial charge on any atom is -0.356 e. The van der Waals surface area contributed by atoms with Gasteiger partial charge in [0.05, 0.1) is 11.8 Å². The normalized spacial score (nSPS) is 22.1. The molecule has 1 aliphatic carbocycles. The van der Waals surface area contributed by atoms with Crippen LogP contribution in [0.3, 0.4) is 0 Å². The largest absolute Gasteiger partial charge is 0.356 e. The molecule has 0 aromatic heterocycles. The zero-order chi connectivity index (χ0) is 18.7. The van der Waals surface area contributed by atoms with Gasteiger partial charge < -0.3 is 15.1 Å². The number of hydrogen-bond acceptors (Lipinski definition) is 3. The van der Waals surface area contributed by atoms with Crippen molar-refractivity contribution in [2.75, 3.05) is 32.7 Å². The first-order valence-corrected chi connectivity index (χ1v) is 9.02. The molecule has 2 unspecified atom stereocenters. The number of nitrogens with one attached hydrogen (secondary N) is 1. The van der Waals surface area contributed by atoms with Gasteiger partial charge in [0, 0.05) is 39.6 Å². The topological polar surface area (TPSA) is 69.7 Å². The average Bonchev–Trinajstić information content (AvgIpc) is 3.43. The Labute approximate surface area is 152 Å². The number of carbonyl (C=O) groups is 3. The Morgan fingerprint density at radius 2 is 1.65 bits per heavy atom. The first-order chi connectivity index (χ1) is 12.5. The summed E-state index contributed by atoms with van der Waals surface area (Å²) in [4.78, 5) is 39.5. The number of carbonyl (C=O) groups excluding carboxylic acids is 3. The van der Waals surface area contributed by atoms with E-state index in [1.165, 1.54) is 19.1 Å². The molecule has 6 nitrogen and oxygen atoms in total. The van der Waals surface area contributed by atoms with Crippen LogP contribution in [0.4, 0.5) is 4.39 Å². The lowest BCUT2D eigenvalue weighted by atomic mass is 10.1. The van der Waals surface area contributed by atoms with Crippen molar-refractivity contribution in [3.63, 3.8) is 0 Å². The summed E-state index contributed by atoms with van der Waals surface area (Å²) in [6.07, 6.45) is 1.22. The van der Waals surface area contributed by atoms with Gasteiger partial charge >= 0.3 is 0 Å². The maximum absolute atomic E-state index is 12.9. The molecule has 0 radical (unpaired) electrons. The van der Waals surface area contributed by atoms with Gasteiger partial charge in [0.25, 0.3) is 0 Å². The van der Waals surface area contributed by atoms with Crippen LogP contribution in [0, 0.1) is 17.7 Å². The van der Waals surface area contributed by atoms with Crippen LogP contribution < -0.4 is 5.32 Å². The second kappa shape index (κ2) is 7.85. The molecule has 140 valence electrons. The van der Waals surface area contributed by atoms with Crippen molar-refractivity contribution < 1.29 is 18.8 Å². The van der Waals surface area contributed by atoms with Gasteiger partial charge in [-0.15, -0.1) is 0 Å². The number of benzene rings is 1. The Kier molecular flexibility index (Phi) is 5.54. The molecule has 1 saturated carbocycles. The van der Waals surface area contributed by atoms with Gasteiger partial charge in [-0.05, 0) is 30.5 Å². The quantitative estimate of drug-likeness (QED) is 0.844. The van der Waals surface area contributed by atoms with E-state index in [2.05, 4.69) is 5.32 Å². The van der Waals surface area contributed by atoms with E-state index in [4.69, 9.17) is 0 Å². The number of piperazine rings is 1. The Bertz CT molecular complexity index is 684. The molecule has 2 aliphatic rings. The van der Waals surface area contributed by atoms with E-state index in [1.807, 2.05) is 0 Å². The third kappa shape index (κ3) is 4.39. The zero-order valence-electron chi connectivity index (χ0n) is 14.9. The van der Waals surface area contributed by atoms with Gasteiger partial charge in [-0.1, -0.05) is 12.1 Å². The highest BCUT2D eigenvalue weighted by Gasteiger charge is 2.49. The number of rotatable bonds is 5. The molecule has 7 heteroatoms. The van der Waals surface area contributed by atoms with Crippen molar-refractivity contribution >= 4 is 17.7 Å². The van der Waals surface area contributed by atoms with Crippen LogP contribution in [0.5, 0.6) is 0 Å². The van der Waals surface area contributed by atoms with E-state index in [9.17, 15) is 18.8 Å². The summed E-state index contributed by atoms with van der Waals surface area (Å²) in [5.41, 5.74) is 0.957. The minimum absolute atomic E-state index is 0.0203. The number of amides is 3. The highest BCUT2D eigenvalue weighted by molar-refractivity contribution is 5.92. The Hall–Kier alpha value is -2.44. The molecule has 0 spiro atoms. The molecule has 3 amide bonds. The standard InChI is InChI=1S/C19H24FN3O3/c1-13(24)22-8-10-23(11-9-22)19(26)17-12-16(17)18(25)21-7-6-14-2-4-15(20)5-3-14/h2-5,16-17H,6-12H2,1H3,(H,21,25).